The number of fused-ring (bicyclic) bond motifs is 1. The molecule has 1 atom stereocenters. The van der Waals surface area contributed by atoms with Gasteiger partial charge < -0.3 is 15.0 Å². The Balaban J connectivity index is 1.26. The largest absolute Gasteiger partial charge is 0.378 e. The maximum Gasteiger partial charge on any atom is 0.224 e. The van der Waals surface area contributed by atoms with E-state index in [-0.39, 0.29) is 11.9 Å². The normalized spacial score (nSPS) is 25.6. The molecule has 1 amide bonds. The van der Waals surface area contributed by atoms with Crippen molar-refractivity contribution in [3.05, 3.63) is 35.4 Å². The third kappa shape index (κ3) is 4.05. The lowest BCUT2D eigenvalue weighted by molar-refractivity contribution is -0.134. The Bertz CT molecular complexity index is 592. The van der Waals surface area contributed by atoms with E-state index < -0.39 is 0 Å². The zero-order chi connectivity index (χ0) is 17.1. The molecule has 5 heteroatoms. The number of nitrogens with zero attached hydrogens (tertiary/aromatic N) is 2. The molecule has 0 saturated carbocycles. The zero-order valence-corrected chi connectivity index (χ0v) is 15.0. The number of morpholine rings is 1. The van der Waals surface area contributed by atoms with E-state index in [1.165, 1.54) is 11.1 Å². The van der Waals surface area contributed by atoms with Crippen molar-refractivity contribution in [2.45, 2.75) is 44.3 Å². The number of carbonyl (C=O) groups is 1. The molecule has 1 aromatic rings. The van der Waals surface area contributed by atoms with Gasteiger partial charge in [0.05, 0.1) is 13.2 Å². The number of ether oxygens (including phenoxy) is 1. The van der Waals surface area contributed by atoms with Crippen LogP contribution in [0.4, 0.5) is 0 Å². The van der Waals surface area contributed by atoms with Gasteiger partial charge in [-0.05, 0) is 30.4 Å². The van der Waals surface area contributed by atoms with Crippen LogP contribution in [-0.4, -0.2) is 67.2 Å². The predicted molar refractivity (Wildman–Crippen MR) is 97.4 cm³/mol. The van der Waals surface area contributed by atoms with Crippen molar-refractivity contribution in [3.8, 4) is 0 Å². The number of amides is 1. The second kappa shape index (κ2) is 7.85. The smallest absolute Gasteiger partial charge is 0.224 e. The minimum absolute atomic E-state index is 0.192. The van der Waals surface area contributed by atoms with E-state index in [4.69, 9.17) is 4.74 Å². The highest BCUT2D eigenvalue weighted by Crippen LogP contribution is 2.25. The van der Waals surface area contributed by atoms with Crippen LogP contribution in [0.2, 0.25) is 0 Å². The maximum absolute atomic E-state index is 12.5. The Morgan fingerprint density at radius 1 is 1.16 bits per heavy atom. The molecular formula is C20H29N3O2. The first-order chi connectivity index (χ1) is 12.3. The van der Waals surface area contributed by atoms with Crippen LogP contribution in [0.5, 0.6) is 0 Å². The standard InChI is InChI=1S/C20H29N3O2/c24-20(13-18-15-25-12-8-21-18)22-10-6-19(7-11-22)23-9-5-16-3-1-2-4-17(16)14-23/h1-4,18-19,21H,5-15H2/t18-/m1/s1. The van der Waals surface area contributed by atoms with Gasteiger partial charge in [0.25, 0.3) is 0 Å². The van der Waals surface area contributed by atoms with Gasteiger partial charge in [0, 0.05) is 51.2 Å². The number of hydrogen-bond donors (Lipinski definition) is 1. The molecule has 3 aliphatic rings. The second-order valence-electron chi connectivity index (χ2n) is 7.53. The maximum atomic E-state index is 12.5. The van der Waals surface area contributed by atoms with Gasteiger partial charge in [-0.2, -0.15) is 0 Å². The SMILES string of the molecule is O=C(C[C@@H]1COCCN1)N1CCC(N2CCc3ccccc3C2)CC1. The third-order valence-corrected chi connectivity index (χ3v) is 5.91. The summed E-state index contributed by atoms with van der Waals surface area (Å²) in [5.41, 5.74) is 2.99. The molecule has 2 fully saturated rings. The van der Waals surface area contributed by atoms with Crippen LogP contribution in [-0.2, 0) is 22.5 Å². The van der Waals surface area contributed by atoms with Gasteiger partial charge in [0.1, 0.15) is 0 Å². The highest BCUT2D eigenvalue weighted by molar-refractivity contribution is 5.77. The summed E-state index contributed by atoms with van der Waals surface area (Å²) < 4.78 is 5.46. The molecule has 0 bridgehead atoms. The zero-order valence-electron chi connectivity index (χ0n) is 15.0. The Hall–Kier alpha value is -1.43. The Kier molecular flexibility index (Phi) is 5.34. The van der Waals surface area contributed by atoms with Crippen LogP contribution in [0.3, 0.4) is 0 Å². The Morgan fingerprint density at radius 3 is 2.72 bits per heavy atom. The molecule has 0 radical (unpaired) electrons. The van der Waals surface area contributed by atoms with E-state index in [1.54, 1.807) is 0 Å². The fourth-order valence-corrected chi connectivity index (χ4v) is 4.40. The molecule has 25 heavy (non-hydrogen) atoms. The van der Waals surface area contributed by atoms with Crippen LogP contribution in [0.1, 0.15) is 30.4 Å². The molecule has 3 heterocycles. The van der Waals surface area contributed by atoms with Gasteiger partial charge in [-0.25, -0.2) is 0 Å². The summed E-state index contributed by atoms with van der Waals surface area (Å²) in [7, 11) is 0. The van der Waals surface area contributed by atoms with Gasteiger partial charge in [0.15, 0.2) is 0 Å². The number of hydrogen-bond acceptors (Lipinski definition) is 4. The van der Waals surface area contributed by atoms with E-state index in [0.717, 1.165) is 58.6 Å². The second-order valence-corrected chi connectivity index (χ2v) is 7.53. The Labute approximate surface area is 150 Å². The summed E-state index contributed by atoms with van der Waals surface area (Å²) in [5, 5.41) is 3.38. The summed E-state index contributed by atoms with van der Waals surface area (Å²) in [4.78, 5) is 17.2. The number of rotatable bonds is 3. The molecule has 2 saturated heterocycles. The molecule has 0 aliphatic carbocycles. The van der Waals surface area contributed by atoms with Crippen LogP contribution < -0.4 is 5.32 Å². The average Bonchev–Trinajstić information content (AvgIpc) is 2.68. The van der Waals surface area contributed by atoms with Crippen LogP contribution in [0.25, 0.3) is 0 Å². The first-order valence-corrected chi connectivity index (χ1v) is 9.69. The van der Waals surface area contributed by atoms with E-state index in [2.05, 4.69) is 39.4 Å². The van der Waals surface area contributed by atoms with Gasteiger partial charge in [-0.15, -0.1) is 0 Å². The Morgan fingerprint density at radius 2 is 1.96 bits per heavy atom. The third-order valence-electron chi connectivity index (χ3n) is 5.91. The van der Waals surface area contributed by atoms with E-state index >= 15 is 0 Å². The van der Waals surface area contributed by atoms with Crippen LogP contribution in [0.15, 0.2) is 24.3 Å². The summed E-state index contributed by atoms with van der Waals surface area (Å²) >= 11 is 0. The summed E-state index contributed by atoms with van der Waals surface area (Å²) in [6.45, 7) is 6.29. The van der Waals surface area contributed by atoms with Crippen molar-refractivity contribution in [2.24, 2.45) is 0 Å². The lowest BCUT2D eigenvalue weighted by atomic mass is 9.95. The van der Waals surface area contributed by atoms with Crippen molar-refractivity contribution in [3.63, 3.8) is 0 Å². The quantitative estimate of drug-likeness (QED) is 0.901. The molecule has 4 rings (SSSR count). The predicted octanol–water partition coefficient (Wildman–Crippen LogP) is 1.41. The van der Waals surface area contributed by atoms with E-state index in [0.29, 0.717) is 19.1 Å². The van der Waals surface area contributed by atoms with E-state index in [9.17, 15) is 4.79 Å². The van der Waals surface area contributed by atoms with Crippen LogP contribution >= 0.6 is 0 Å². The summed E-state index contributed by atoms with van der Waals surface area (Å²) in [6.07, 6.45) is 3.93. The first-order valence-electron chi connectivity index (χ1n) is 9.69. The van der Waals surface area contributed by atoms with E-state index in [1.807, 2.05) is 0 Å². The molecule has 0 spiro atoms. The molecule has 0 unspecified atom stereocenters. The number of likely N-dealkylation sites (tertiary alicyclic amines) is 1. The lowest BCUT2D eigenvalue weighted by Gasteiger charge is -2.41. The monoisotopic (exact) mass is 343 g/mol. The van der Waals surface area contributed by atoms with Crippen molar-refractivity contribution in [2.75, 3.05) is 39.4 Å². The van der Waals surface area contributed by atoms with Gasteiger partial charge in [0.2, 0.25) is 5.91 Å². The van der Waals surface area contributed by atoms with Gasteiger partial charge >= 0.3 is 0 Å². The van der Waals surface area contributed by atoms with Gasteiger partial charge in [-0.1, -0.05) is 24.3 Å². The molecular weight excluding hydrogens is 314 g/mol. The molecule has 1 aromatic carbocycles. The fourth-order valence-electron chi connectivity index (χ4n) is 4.40. The number of carbonyl (C=O) groups excluding carboxylic acids is 1. The lowest BCUT2D eigenvalue weighted by Crippen LogP contribution is -2.50. The number of nitrogens with one attached hydrogen (secondary N) is 1. The first kappa shape index (κ1) is 17.0. The number of benzene rings is 1. The van der Waals surface area contributed by atoms with Crippen molar-refractivity contribution < 1.29 is 9.53 Å². The van der Waals surface area contributed by atoms with Gasteiger partial charge in [-0.3, -0.25) is 9.69 Å². The minimum atomic E-state index is 0.192. The fraction of sp³-hybridized carbons (Fsp3) is 0.650. The van der Waals surface area contributed by atoms with Crippen molar-refractivity contribution in [1.29, 1.82) is 0 Å². The summed E-state index contributed by atoms with van der Waals surface area (Å²) in [6, 6.07) is 9.62. The number of piperidine rings is 1. The average molecular weight is 343 g/mol. The topological polar surface area (TPSA) is 44.8 Å². The van der Waals surface area contributed by atoms with Crippen molar-refractivity contribution in [1.82, 2.24) is 15.1 Å². The highest BCUT2D eigenvalue weighted by Gasteiger charge is 2.29. The minimum Gasteiger partial charge on any atom is -0.378 e. The molecule has 3 aliphatic heterocycles. The summed E-state index contributed by atoms with van der Waals surface area (Å²) in [5.74, 6) is 0.283. The van der Waals surface area contributed by atoms with Crippen molar-refractivity contribution >= 4 is 5.91 Å². The highest BCUT2D eigenvalue weighted by atomic mass is 16.5. The molecule has 0 aromatic heterocycles. The molecule has 136 valence electrons. The molecule has 1 N–H and O–H groups in total. The molecule has 5 nitrogen and oxygen atoms in total. The van der Waals surface area contributed by atoms with Crippen LogP contribution in [0, 0.1) is 0 Å².